The van der Waals surface area contributed by atoms with E-state index in [1.54, 1.807) is 6.20 Å². The zero-order valence-corrected chi connectivity index (χ0v) is 11.4. The van der Waals surface area contributed by atoms with Crippen LogP contribution in [0.2, 0.25) is 0 Å². The van der Waals surface area contributed by atoms with Crippen LogP contribution in [0, 0.1) is 0 Å². The smallest absolute Gasteiger partial charge is 0.153 e. The van der Waals surface area contributed by atoms with Crippen molar-refractivity contribution >= 4 is 15.7 Å². The fourth-order valence-electron chi connectivity index (χ4n) is 1.95. The summed E-state index contributed by atoms with van der Waals surface area (Å²) < 4.78 is 22.8. The maximum absolute atomic E-state index is 11.4. The first-order valence-electron chi connectivity index (χ1n) is 6.22. The van der Waals surface area contributed by atoms with Gasteiger partial charge in [-0.3, -0.25) is 0 Å². The number of hydrogen-bond acceptors (Lipinski definition) is 5. The molecule has 1 saturated heterocycles. The molecule has 0 saturated carbocycles. The molecule has 5 nitrogen and oxygen atoms in total. The SMILES string of the molecule is CCNCc1ccnc(N2CCS(=O)(=O)CC2)c1. The maximum atomic E-state index is 11.4. The van der Waals surface area contributed by atoms with Crippen molar-refractivity contribution in [3.63, 3.8) is 0 Å². The first-order chi connectivity index (χ1) is 8.61. The Morgan fingerprint density at radius 1 is 1.39 bits per heavy atom. The van der Waals surface area contributed by atoms with E-state index in [0.29, 0.717) is 13.1 Å². The van der Waals surface area contributed by atoms with Crippen molar-refractivity contribution in [2.45, 2.75) is 13.5 Å². The molecule has 1 aliphatic rings. The molecular formula is C12H19N3O2S. The van der Waals surface area contributed by atoms with E-state index in [9.17, 15) is 8.42 Å². The van der Waals surface area contributed by atoms with Gasteiger partial charge < -0.3 is 10.2 Å². The zero-order valence-electron chi connectivity index (χ0n) is 10.6. The predicted molar refractivity (Wildman–Crippen MR) is 72.5 cm³/mol. The minimum absolute atomic E-state index is 0.228. The molecule has 2 rings (SSSR count). The fraction of sp³-hybridized carbons (Fsp3) is 0.583. The number of sulfone groups is 1. The van der Waals surface area contributed by atoms with Gasteiger partial charge in [-0.25, -0.2) is 13.4 Å². The highest BCUT2D eigenvalue weighted by Gasteiger charge is 2.22. The Morgan fingerprint density at radius 2 is 2.11 bits per heavy atom. The van der Waals surface area contributed by atoms with Gasteiger partial charge in [-0.2, -0.15) is 0 Å². The molecule has 6 heteroatoms. The number of aromatic nitrogens is 1. The third-order valence-electron chi connectivity index (χ3n) is 3.06. The van der Waals surface area contributed by atoms with Crippen LogP contribution < -0.4 is 10.2 Å². The molecule has 1 aromatic heterocycles. The largest absolute Gasteiger partial charge is 0.355 e. The number of hydrogen-bond donors (Lipinski definition) is 1. The molecule has 0 spiro atoms. The van der Waals surface area contributed by atoms with E-state index in [1.165, 1.54) is 5.56 Å². The van der Waals surface area contributed by atoms with E-state index < -0.39 is 9.84 Å². The van der Waals surface area contributed by atoms with E-state index >= 15 is 0 Å². The summed E-state index contributed by atoms with van der Waals surface area (Å²) in [4.78, 5) is 6.36. The summed E-state index contributed by atoms with van der Waals surface area (Å²) in [6.07, 6.45) is 1.78. The third kappa shape index (κ3) is 3.43. The van der Waals surface area contributed by atoms with Gasteiger partial charge >= 0.3 is 0 Å². The van der Waals surface area contributed by atoms with Crippen molar-refractivity contribution in [3.8, 4) is 0 Å². The van der Waals surface area contributed by atoms with E-state index in [1.807, 2.05) is 17.0 Å². The van der Waals surface area contributed by atoms with Gasteiger partial charge in [0.25, 0.3) is 0 Å². The Labute approximate surface area is 108 Å². The van der Waals surface area contributed by atoms with Crippen LogP contribution in [0.15, 0.2) is 18.3 Å². The summed E-state index contributed by atoms with van der Waals surface area (Å²) in [5.41, 5.74) is 1.18. The normalized spacial score (nSPS) is 18.8. The van der Waals surface area contributed by atoms with Gasteiger partial charge in [0.2, 0.25) is 0 Å². The zero-order chi connectivity index (χ0) is 13.0. The Bertz CT molecular complexity index is 488. The Kier molecular flexibility index (Phi) is 4.19. The van der Waals surface area contributed by atoms with Gasteiger partial charge in [0.1, 0.15) is 5.82 Å². The van der Waals surface area contributed by atoms with Crippen LogP contribution in [0.3, 0.4) is 0 Å². The lowest BCUT2D eigenvalue weighted by molar-refractivity contribution is 0.586. The van der Waals surface area contributed by atoms with Crippen LogP contribution >= 0.6 is 0 Å². The topological polar surface area (TPSA) is 62.3 Å². The third-order valence-corrected chi connectivity index (χ3v) is 4.67. The van der Waals surface area contributed by atoms with E-state index in [0.717, 1.165) is 18.9 Å². The quantitative estimate of drug-likeness (QED) is 0.858. The standard InChI is InChI=1S/C12H19N3O2S/c1-2-13-10-11-3-4-14-12(9-11)15-5-7-18(16,17)8-6-15/h3-4,9,13H,2,5-8,10H2,1H3. The highest BCUT2D eigenvalue weighted by atomic mass is 32.2. The molecule has 18 heavy (non-hydrogen) atoms. The number of pyridine rings is 1. The average molecular weight is 269 g/mol. The summed E-state index contributed by atoms with van der Waals surface area (Å²) in [6.45, 7) is 4.90. The fourth-order valence-corrected chi connectivity index (χ4v) is 3.16. The maximum Gasteiger partial charge on any atom is 0.153 e. The number of anilines is 1. The first kappa shape index (κ1) is 13.3. The molecule has 1 N–H and O–H groups in total. The second-order valence-electron chi connectivity index (χ2n) is 4.44. The van der Waals surface area contributed by atoms with Crippen molar-refractivity contribution in [1.29, 1.82) is 0 Å². The monoisotopic (exact) mass is 269 g/mol. The van der Waals surface area contributed by atoms with Crippen LogP contribution in [0.5, 0.6) is 0 Å². The van der Waals surface area contributed by atoms with E-state index in [2.05, 4.69) is 17.2 Å². The lowest BCUT2D eigenvalue weighted by atomic mass is 10.2. The molecule has 1 aliphatic heterocycles. The van der Waals surface area contributed by atoms with Crippen molar-refractivity contribution < 1.29 is 8.42 Å². The molecule has 0 aliphatic carbocycles. The summed E-state index contributed by atoms with van der Waals surface area (Å²) in [7, 11) is -2.83. The molecular weight excluding hydrogens is 250 g/mol. The second-order valence-corrected chi connectivity index (χ2v) is 6.75. The van der Waals surface area contributed by atoms with Gasteiger partial charge in [-0.15, -0.1) is 0 Å². The van der Waals surface area contributed by atoms with Gasteiger partial charge in [0.15, 0.2) is 9.84 Å². The van der Waals surface area contributed by atoms with Crippen LogP contribution in [0.25, 0.3) is 0 Å². The van der Waals surface area contributed by atoms with Gasteiger partial charge in [-0.1, -0.05) is 6.92 Å². The lowest BCUT2D eigenvalue weighted by Crippen LogP contribution is -2.40. The molecule has 0 aromatic carbocycles. The Balaban J connectivity index is 2.05. The average Bonchev–Trinajstić information content (AvgIpc) is 2.37. The van der Waals surface area contributed by atoms with Gasteiger partial charge in [-0.05, 0) is 24.2 Å². The van der Waals surface area contributed by atoms with Crippen LogP contribution in [-0.2, 0) is 16.4 Å². The van der Waals surface area contributed by atoms with Crippen molar-refractivity contribution in [2.75, 3.05) is 36.0 Å². The second kappa shape index (κ2) is 5.67. The van der Waals surface area contributed by atoms with Crippen molar-refractivity contribution in [3.05, 3.63) is 23.9 Å². The number of nitrogens with one attached hydrogen (secondary N) is 1. The number of nitrogens with zero attached hydrogens (tertiary/aromatic N) is 2. The van der Waals surface area contributed by atoms with Gasteiger partial charge in [0.05, 0.1) is 11.5 Å². The van der Waals surface area contributed by atoms with E-state index in [4.69, 9.17) is 0 Å². The highest BCUT2D eigenvalue weighted by Crippen LogP contribution is 2.15. The minimum Gasteiger partial charge on any atom is -0.355 e. The van der Waals surface area contributed by atoms with E-state index in [-0.39, 0.29) is 11.5 Å². The van der Waals surface area contributed by atoms with Crippen LogP contribution in [-0.4, -0.2) is 44.5 Å². The molecule has 0 radical (unpaired) electrons. The molecule has 0 amide bonds. The van der Waals surface area contributed by atoms with Crippen molar-refractivity contribution in [2.24, 2.45) is 0 Å². The molecule has 1 aromatic rings. The highest BCUT2D eigenvalue weighted by molar-refractivity contribution is 7.91. The van der Waals surface area contributed by atoms with Crippen molar-refractivity contribution in [1.82, 2.24) is 10.3 Å². The summed E-state index contributed by atoms with van der Waals surface area (Å²) in [5, 5.41) is 3.27. The first-order valence-corrected chi connectivity index (χ1v) is 8.04. The number of rotatable bonds is 4. The summed E-state index contributed by atoms with van der Waals surface area (Å²) >= 11 is 0. The molecule has 0 unspecified atom stereocenters. The van der Waals surface area contributed by atoms with Crippen LogP contribution in [0.4, 0.5) is 5.82 Å². The Morgan fingerprint density at radius 3 is 2.78 bits per heavy atom. The van der Waals surface area contributed by atoms with Crippen LogP contribution in [0.1, 0.15) is 12.5 Å². The molecule has 1 fully saturated rings. The summed E-state index contributed by atoms with van der Waals surface area (Å²) in [5.74, 6) is 1.33. The molecule has 2 heterocycles. The van der Waals surface area contributed by atoms with Gasteiger partial charge in [0, 0.05) is 25.8 Å². The molecule has 0 bridgehead atoms. The molecule has 0 atom stereocenters. The summed E-state index contributed by atoms with van der Waals surface area (Å²) in [6, 6.07) is 4.01. The lowest BCUT2D eigenvalue weighted by Gasteiger charge is -2.27. The molecule has 100 valence electrons. The predicted octanol–water partition coefficient (Wildman–Crippen LogP) is 0.426. The Hall–Kier alpha value is -1.14. The minimum atomic E-state index is -2.83.